The maximum Gasteiger partial charge on any atom is 0.333 e. The second-order valence-electron chi connectivity index (χ2n) is 20.5. The molecule has 27 nitrogen and oxygen atoms in total. The number of rotatable bonds is 67. The van der Waals surface area contributed by atoms with Crippen LogP contribution in [0.4, 0.5) is 0 Å². The number of hydrogen-bond donors (Lipinski definition) is 2. The van der Waals surface area contributed by atoms with Crippen LogP contribution in [0, 0.1) is 0 Å². The quantitative estimate of drug-likeness (QED) is 0.0248. The fraction of sp³-hybridized carbons (Fsp3) is 0.905. The SMILES string of the molecule is C.COCCOCCOCCOCCOCCOCCOCCOCCCCCCCCCCCC(=O)O.COCCOCCOCCOCCOCCOCCOCCOCCCCCCCCCCCC(=O)ON1C(=O)CCC1=O.I.II.O=C1CCC(=O)N1O. The van der Waals surface area contributed by atoms with Gasteiger partial charge >= 0.3 is 11.9 Å². The zero-order valence-corrected chi connectivity index (χ0v) is 62.2. The average Bonchev–Trinajstić information content (AvgIpc) is 4.00. The predicted octanol–water partition coefficient (Wildman–Crippen LogP) is 9.54. The van der Waals surface area contributed by atoms with Crippen molar-refractivity contribution < 1.29 is 120 Å². The molecule has 0 atom stereocenters. The molecule has 2 fully saturated rings. The summed E-state index contributed by atoms with van der Waals surface area (Å²) in [7, 11) is 3.29. The van der Waals surface area contributed by atoms with E-state index in [1.165, 1.54) is 51.4 Å². The molecule has 2 heterocycles. The highest BCUT2D eigenvalue weighted by atomic mass is 128. The normalized spacial score (nSPS) is 12.7. The number of carboxylic acid groups (broad SMARTS) is 1. The molecular formula is C63H121I3N2O25. The van der Waals surface area contributed by atoms with Crippen molar-refractivity contribution in [2.45, 2.75) is 162 Å². The lowest BCUT2D eigenvalue weighted by Gasteiger charge is -2.12. The van der Waals surface area contributed by atoms with Gasteiger partial charge in [-0.05, 0) is 25.7 Å². The van der Waals surface area contributed by atoms with Crippen LogP contribution in [0.3, 0.4) is 0 Å². The van der Waals surface area contributed by atoms with Crippen LogP contribution in [-0.4, -0.2) is 268 Å². The van der Waals surface area contributed by atoms with Gasteiger partial charge in [0.1, 0.15) is 0 Å². The summed E-state index contributed by atoms with van der Waals surface area (Å²) in [6.45, 7) is 17.0. The van der Waals surface area contributed by atoms with Crippen LogP contribution in [-0.2, 0) is 109 Å². The molecule has 2 N–H and O–H groups in total. The van der Waals surface area contributed by atoms with E-state index in [4.69, 9.17) is 90.9 Å². The van der Waals surface area contributed by atoms with E-state index in [0.29, 0.717) is 203 Å². The zero-order chi connectivity index (χ0) is 66.8. The molecule has 93 heavy (non-hydrogen) atoms. The molecule has 0 radical (unpaired) electrons. The first-order valence-corrected chi connectivity index (χ1v) is 39.0. The number of methoxy groups -OCH3 is 2. The molecule has 0 bridgehead atoms. The molecule has 554 valence electrons. The smallest absolute Gasteiger partial charge is 0.333 e. The number of nitrogens with zero attached hydrogens (tertiary/aromatic N) is 2. The number of carboxylic acids is 1. The Morgan fingerprint density at radius 1 is 0.323 bits per heavy atom. The van der Waals surface area contributed by atoms with Crippen LogP contribution in [0.25, 0.3) is 0 Å². The fourth-order valence-electron chi connectivity index (χ4n) is 7.93. The second-order valence-corrected chi connectivity index (χ2v) is 20.5. The summed E-state index contributed by atoms with van der Waals surface area (Å²) in [5, 5.41) is 17.8. The molecule has 2 aliphatic heterocycles. The third-order valence-corrected chi connectivity index (χ3v) is 12.9. The molecule has 4 amide bonds. The summed E-state index contributed by atoms with van der Waals surface area (Å²) in [6, 6.07) is 0. The van der Waals surface area contributed by atoms with E-state index < -0.39 is 35.6 Å². The van der Waals surface area contributed by atoms with Gasteiger partial charge in [-0.1, -0.05) is 97.3 Å². The minimum Gasteiger partial charge on any atom is -0.481 e. The molecule has 30 heteroatoms. The fourth-order valence-corrected chi connectivity index (χ4v) is 7.93. The number of halogens is 3. The van der Waals surface area contributed by atoms with Gasteiger partial charge in [0.25, 0.3) is 23.6 Å². The van der Waals surface area contributed by atoms with Crippen molar-refractivity contribution in [2.24, 2.45) is 0 Å². The summed E-state index contributed by atoms with van der Waals surface area (Å²) < 4.78 is 86.1. The number of hydroxylamine groups is 4. The van der Waals surface area contributed by atoms with E-state index in [-0.39, 0.29) is 68.6 Å². The topological polar surface area (TPSA) is 306 Å². The van der Waals surface area contributed by atoms with Crippen molar-refractivity contribution in [1.29, 1.82) is 0 Å². The van der Waals surface area contributed by atoms with E-state index in [9.17, 15) is 28.8 Å². The van der Waals surface area contributed by atoms with Gasteiger partial charge in [0.15, 0.2) is 0 Å². The highest BCUT2D eigenvalue weighted by Crippen LogP contribution is 2.16. The summed E-state index contributed by atoms with van der Waals surface area (Å²) in [5.74, 6) is -3.08. The second kappa shape index (κ2) is 83.2. The Morgan fingerprint density at radius 2 is 0.516 bits per heavy atom. The Morgan fingerprint density at radius 3 is 0.731 bits per heavy atom. The molecule has 0 saturated carbocycles. The van der Waals surface area contributed by atoms with Gasteiger partial charge < -0.3 is 85.7 Å². The number of carbonyl (C=O) groups is 6. The Kier molecular flexibility index (Phi) is 87.7. The van der Waals surface area contributed by atoms with Crippen LogP contribution >= 0.6 is 61.2 Å². The lowest BCUT2D eigenvalue weighted by atomic mass is 10.1. The van der Waals surface area contributed by atoms with Gasteiger partial charge in [0, 0.05) is 103 Å². The number of carbonyl (C=O) groups excluding carboxylic acids is 5. The van der Waals surface area contributed by atoms with Gasteiger partial charge in [-0.25, -0.2) is 4.79 Å². The van der Waals surface area contributed by atoms with E-state index in [2.05, 4.69) is 37.2 Å². The third-order valence-electron chi connectivity index (χ3n) is 12.9. The van der Waals surface area contributed by atoms with E-state index in [0.717, 1.165) is 71.0 Å². The first kappa shape index (κ1) is 98.1. The molecule has 0 unspecified atom stereocenters. The minimum atomic E-state index is -0.686. The van der Waals surface area contributed by atoms with E-state index >= 15 is 0 Å². The van der Waals surface area contributed by atoms with Crippen molar-refractivity contribution in [3.05, 3.63) is 0 Å². The van der Waals surface area contributed by atoms with Crippen LogP contribution < -0.4 is 0 Å². The monoisotopic (exact) mass is 1690 g/mol. The summed E-state index contributed by atoms with van der Waals surface area (Å²) in [4.78, 5) is 70.4. The summed E-state index contributed by atoms with van der Waals surface area (Å²) >= 11 is 4.24. The Labute approximate surface area is 596 Å². The van der Waals surface area contributed by atoms with E-state index in [1.54, 1.807) is 14.2 Å². The number of aliphatic carboxylic acids is 1. The minimum absolute atomic E-state index is 0. The molecule has 0 aromatic heterocycles. The first-order valence-electron chi connectivity index (χ1n) is 32.7. The van der Waals surface area contributed by atoms with Gasteiger partial charge in [0.2, 0.25) is 0 Å². The van der Waals surface area contributed by atoms with Crippen LogP contribution in [0.15, 0.2) is 0 Å². The Bertz CT molecular complexity index is 1590. The van der Waals surface area contributed by atoms with Crippen molar-refractivity contribution >= 4 is 96.8 Å². The summed E-state index contributed by atoms with van der Waals surface area (Å²) in [5.41, 5.74) is 0. The molecule has 2 rings (SSSR count). The summed E-state index contributed by atoms with van der Waals surface area (Å²) in [6.07, 6.45) is 20.9. The highest BCUT2D eigenvalue weighted by molar-refractivity contribution is 15.0. The van der Waals surface area contributed by atoms with Gasteiger partial charge in [-0.2, -0.15) is 5.06 Å². The number of amides is 4. The lowest BCUT2D eigenvalue weighted by Crippen LogP contribution is -2.31. The van der Waals surface area contributed by atoms with Crippen molar-refractivity contribution in [3.63, 3.8) is 0 Å². The van der Waals surface area contributed by atoms with Crippen molar-refractivity contribution in [2.75, 3.05) is 212 Å². The van der Waals surface area contributed by atoms with Crippen molar-refractivity contribution in [1.82, 2.24) is 10.1 Å². The Hall–Kier alpha value is -1.27. The van der Waals surface area contributed by atoms with Crippen LogP contribution in [0.2, 0.25) is 0 Å². The largest absolute Gasteiger partial charge is 0.481 e. The highest BCUT2D eigenvalue weighted by Gasteiger charge is 2.32. The maximum absolute atomic E-state index is 11.8. The van der Waals surface area contributed by atoms with Gasteiger partial charge in [-0.15, -0.1) is 29.0 Å². The Balaban J connectivity index is -0.000000732. The molecule has 0 spiro atoms. The van der Waals surface area contributed by atoms with Crippen LogP contribution in [0.1, 0.15) is 162 Å². The number of unbranched alkanes of at least 4 members (excludes halogenated alkanes) is 16. The number of imide groups is 2. The maximum atomic E-state index is 11.8. The van der Waals surface area contributed by atoms with E-state index in [1.807, 2.05) is 0 Å². The van der Waals surface area contributed by atoms with Crippen LogP contribution in [0.5, 0.6) is 0 Å². The molecule has 2 aliphatic rings. The molecule has 0 aromatic rings. The zero-order valence-electron chi connectivity index (χ0n) is 55.5. The molecule has 0 aromatic carbocycles. The van der Waals surface area contributed by atoms with Gasteiger partial charge in [0.05, 0.1) is 185 Å². The predicted molar refractivity (Wildman–Crippen MR) is 375 cm³/mol. The van der Waals surface area contributed by atoms with Crippen molar-refractivity contribution in [3.8, 4) is 0 Å². The average molecular weight is 1690 g/mol. The molecule has 0 aliphatic carbocycles. The third kappa shape index (κ3) is 76.3. The standard InChI is InChI=1S/C31H57NO12.C27H54O10.C4H5NO3.CH4.I2.HI/c1-36-15-16-38-19-20-40-23-24-42-27-28-43-26-25-41-22-21-39-18-17-37-14-10-8-6-4-2-3-5-7-9-11-31(35)44-32-29(33)12-13-30(32)34;1-30-13-14-32-17-18-34-21-22-36-25-26-37-24-23-35-20-19-33-16-15-31-12-10-8-6-4-2-3-5-7-9-11-27(28)29;6-3-1-2-4(7)5(3)8;;1-2;/h2-28H2,1H3;2-26H2,1H3,(H,28,29);8H,1-2H2;1H4;;1H. The van der Waals surface area contributed by atoms with Gasteiger partial charge in [-0.3, -0.25) is 29.2 Å². The molecule has 2 saturated heterocycles. The first-order chi connectivity index (χ1) is 44.6. The lowest BCUT2D eigenvalue weighted by molar-refractivity contribution is -0.197. The number of ether oxygens (including phenoxy) is 16. The number of hydrogen-bond acceptors (Lipinski definition) is 24. The molecular weight excluding hydrogens is 1570 g/mol.